The third-order valence-electron chi connectivity index (χ3n) is 5.39. The van der Waals surface area contributed by atoms with Crippen molar-refractivity contribution < 1.29 is 9.59 Å². The van der Waals surface area contributed by atoms with E-state index in [-0.39, 0.29) is 23.5 Å². The molecule has 0 aliphatic heterocycles. The van der Waals surface area contributed by atoms with Gasteiger partial charge in [-0.3, -0.25) is 34.4 Å². The van der Waals surface area contributed by atoms with Crippen molar-refractivity contribution in [2.24, 2.45) is 20.0 Å². The molecule has 2 heterocycles. The zero-order valence-corrected chi connectivity index (χ0v) is 18.4. The molecule has 1 saturated carbocycles. The lowest BCUT2D eigenvalue weighted by Crippen LogP contribution is -2.45. The van der Waals surface area contributed by atoms with E-state index in [2.05, 4.69) is 15.8 Å². The summed E-state index contributed by atoms with van der Waals surface area (Å²) < 4.78 is 4.13. The molecule has 11 heteroatoms. The lowest BCUT2D eigenvalue weighted by Gasteiger charge is -2.20. The fourth-order valence-corrected chi connectivity index (χ4v) is 4.55. The first-order valence-corrected chi connectivity index (χ1v) is 11.2. The second-order valence-corrected chi connectivity index (χ2v) is 8.53. The number of imidazole rings is 1. The molecule has 2 amide bonds. The Morgan fingerprint density at radius 3 is 2.47 bits per heavy atom. The average molecular weight is 437 g/mol. The molecule has 0 aromatic carbocycles. The smallest absolute Gasteiger partial charge is 0.313 e. The zero-order chi connectivity index (χ0) is 21.8. The number of carbonyl (C=O) groups excluding carboxylic acids is 2. The molecule has 0 atom stereocenters. The average Bonchev–Trinajstić information content (AvgIpc) is 3.12. The van der Waals surface area contributed by atoms with E-state index < -0.39 is 11.2 Å². The van der Waals surface area contributed by atoms with Crippen molar-refractivity contribution in [3.63, 3.8) is 0 Å². The van der Waals surface area contributed by atoms with Crippen LogP contribution in [-0.4, -0.2) is 36.3 Å². The molecular weight excluding hydrogens is 408 g/mol. The minimum absolute atomic E-state index is 0.0201. The van der Waals surface area contributed by atoms with Gasteiger partial charge >= 0.3 is 5.69 Å². The van der Waals surface area contributed by atoms with Crippen LogP contribution in [0.25, 0.3) is 11.2 Å². The predicted molar refractivity (Wildman–Crippen MR) is 114 cm³/mol. The normalized spacial score (nSPS) is 14.8. The molecule has 0 spiro atoms. The number of nitrogens with zero attached hydrogens (tertiary/aromatic N) is 4. The SMILES string of the molecule is CCCn1c(SCC(=O)NNC(=O)C2CCCCC2)nc2c1c(=O)n(C)c(=O)n2C. The van der Waals surface area contributed by atoms with Crippen LogP contribution in [0, 0.1) is 5.92 Å². The first-order chi connectivity index (χ1) is 14.3. The number of amides is 2. The van der Waals surface area contributed by atoms with Crippen molar-refractivity contribution in [3.8, 4) is 0 Å². The lowest BCUT2D eigenvalue weighted by atomic mass is 9.89. The number of rotatable bonds is 6. The van der Waals surface area contributed by atoms with Gasteiger partial charge in [-0.05, 0) is 19.3 Å². The number of thioether (sulfide) groups is 1. The number of aryl methyl sites for hydroxylation is 2. The number of carbonyl (C=O) groups is 2. The van der Waals surface area contributed by atoms with E-state index in [1.165, 1.54) is 11.6 Å². The summed E-state index contributed by atoms with van der Waals surface area (Å²) in [7, 11) is 3.00. The van der Waals surface area contributed by atoms with E-state index in [9.17, 15) is 19.2 Å². The van der Waals surface area contributed by atoms with Gasteiger partial charge in [0.25, 0.3) is 5.56 Å². The van der Waals surface area contributed by atoms with Gasteiger partial charge in [0, 0.05) is 26.6 Å². The zero-order valence-electron chi connectivity index (χ0n) is 17.6. The summed E-state index contributed by atoms with van der Waals surface area (Å²) in [6, 6.07) is 0. The summed E-state index contributed by atoms with van der Waals surface area (Å²) in [5.74, 6) is -0.532. The van der Waals surface area contributed by atoms with Gasteiger partial charge in [0.15, 0.2) is 16.3 Å². The van der Waals surface area contributed by atoms with Gasteiger partial charge in [-0.15, -0.1) is 0 Å². The number of fused-ring (bicyclic) bond motifs is 1. The van der Waals surface area contributed by atoms with Crippen LogP contribution in [0.2, 0.25) is 0 Å². The minimum Gasteiger partial charge on any atom is -0.313 e. The number of nitrogens with one attached hydrogen (secondary N) is 2. The standard InChI is InChI=1S/C19H28N6O4S/c1-4-10-25-14-15(23(2)19(29)24(3)17(14)28)20-18(25)30-11-13(26)21-22-16(27)12-8-6-5-7-9-12/h12H,4-11H2,1-3H3,(H,21,26)(H,22,27). The quantitative estimate of drug-likeness (QED) is 0.507. The fraction of sp³-hybridized carbons (Fsp3) is 0.632. The van der Waals surface area contributed by atoms with E-state index in [4.69, 9.17) is 0 Å². The highest BCUT2D eigenvalue weighted by molar-refractivity contribution is 7.99. The van der Waals surface area contributed by atoms with E-state index in [0.717, 1.165) is 54.9 Å². The summed E-state index contributed by atoms with van der Waals surface area (Å²) in [6.45, 7) is 2.51. The molecule has 0 saturated heterocycles. The maximum absolute atomic E-state index is 12.6. The van der Waals surface area contributed by atoms with E-state index in [1.807, 2.05) is 6.92 Å². The van der Waals surface area contributed by atoms with Gasteiger partial charge in [-0.2, -0.15) is 0 Å². The summed E-state index contributed by atoms with van der Waals surface area (Å²) >= 11 is 1.16. The second-order valence-electron chi connectivity index (χ2n) is 7.59. The van der Waals surface area contributed by atoms with Crippen molar-refractivity contribution in [2.75, 3.05) is 5.75 Å². The molecule has 3 rings (SSSR count). The van der Waals surface area contributed by atoms with Crippen LogP contribution in [0.5, 0.6) is 0 Å². The van der Waals surface area contributed by atoms with Crippen molar-refractivity contribution in [3.05, 3.63) is 20.8 Å². The predicted octanol–water partition coefficient (Wildman–Crippen LogP) is 0.664. The van der Waals surface area contributed by atoms with Gasteiger partial charge < -0.3 is 4.57 Å². The van der Waals surface area contributed by atoms with Crippen molar-refractivity contribution in [1.82, 2.24) is 29.5 Å². The summed E-state index contributed by atoms with van der Waals surface area (Å²) in [5, 5.41) is 0.485. The first-order valence-electron chi connectivity index (χ1n) is 10.2. The van der Waals surface area contributed by atoms with Crippen LogP contribution in [0.1, 0.15) is 45.4 Å². The Hall–Kier alpha value is -2.56. The highest BCUT2D eigenvalue weighted by atomic mass is 32.2. The number of hydrogen-bond donors (Lipinski definition) is 2. The molecule has 1 fully saturated rings. The van der Waals surface area contributed by atoms with Crippen LogP contribution < -0.4 is 22.1 Å². The Kier molecular flexibility index (Phi) is 7.01. The Morgan fingerprint density at radius 1 is 1.10 bits per heavy atom. The monoisotopic (exact) mass is 436 g/mol. The molecule has 0 radical (unpaired) electrons. The third kappa shape index (κ3) is 4.45. The van der Waals surface area contributed by atoms with E-state index >= 15 is 0 Å². The Labute approximate surface area is 178 Å². The Bertz CT molecular complexity index is 1060. The fourth-order valence-electron chi connectivity index (χ4n) is 3.73. The maximum atomic E-state index is 12.6. The summed E-state index contributed by atoms with van der Waals surface area (Å²) in [4.78, 5) is 53.6. The highest BCUT2D eigenvalue weighted by Gasteiger charge is 2.22. The van der Waals surface area contributed by atoms with Crippen LogP contribution in [0.15, 0.2) is 14.7 Å². The molecule has 2 N–H and O–H groups in total. The van der Waals surface area contributed by atoms with Crippen molar-refractivity contribution in [2.45, 2.75) is 57.1 Å². The Morgan fingerprint density at radius 2 is 1.80 bits per heavy atom. The highest BCUT2D eigenvalue weighted by Crippen LogP contribution is 2.24. The molecule has 2 aromatic rings. The van der Waals surface area contributed by atoms with Gasteiger partial charge in [0.05, 0.1) is 5.75 Å². The van der Waals surface area contributed by atoms with Gasteiger partial charge in [0.2, 0.25) is 11.8 Å². The summed E-state index contributed by atoms with van der Waals surface area (Å²) in [5.41, 5.74) is 4.75. The van der Waals surface area contributed by atoms with Gasteiger partial charge in [0.1, 0.15) is 0 Å². The van der Waals surface area contributed by atoms with Crippen LogP contribution in [0.3, 0.4) is 0 Å². The topological polar surface area (TPSA) is 120 Å². The molecule has 1 aliphatic carbocycles. The maximum Gasteiger partial charge on any atom is 0.332 e. The largest absolute Gasteiger partial charge is 0.332 e. The van der Waals surface area contributed by atoms with Gasteiger partial charge in [-0.25, -0.2) is 9.78 Å². The van der Waals surface area contributed by atoms with Gasteiger partial charge in [-0.1, -0.05) is 37.9 Å². The van der Waals surface area contributed by atoms with Crippen molar-refractivity contribution >= 4 is 34.7 Å². The molecule has 164 valence electrons. The molecule has 10 nitrogen and oxygen atoms in total. The molecule has 2 aromatic heterocycles. The first kappa shape index (κ1) is 22.1. The van der Waals surface area contributed by atoms with Crippen LogP contribution in [-0.2, 0) is 30.2 Å². The van der Waals surface area contributed by atoms with Crippen LogP contribution >= 0.6 is 11.8 Å². The molecule has 1 aliphatic rings. The van der Waals surface area contributed by atoms with E-state index in [0.29, 0.717) is 22.9 Å². The van der Waals surface area contributed by atoms with Crippen LogP contribution in [0.4, 0.5) is 0 Å². The second kappa shape index (κ2) is 9.50. The minimum atomic E-state index is -0.451. The molecule has 0 unspecified atom stereocenters. The molecular formula is C19H28N6O4S. The Balaban J connectivity index is 1.71. The van der Waals surface area contributed by atoms with E-state index in [1.54, 1.807) is 11.6 Å². The summed E-state index contributed by atoms with van der Waals surface area (Å²) in [6.07, 6.45) is 5.69. The molecule has 30 heavy (non-hydrogen) atoms. The number of hydrogen-bond acceptors (Lipinski definition) is 6. The van der Waals surface area contributed by atoms with Crippen molar-refractivity contribution in [1.29, 1.82) is 0 Å². The molecule has 0 bridgehead atoms. The number of hydrazine groups is 1. The lowest BCUT2D eigenvalue weighted by molar-refractivity contribution is -0.131. The number of aromatic nitrogens is 4. The third-order valence-corrected chi connectivity index (χ3v) is 6.37.